The number of aryl methyl sites for hydroxylation is 1. The van der Waals surface area contributed by atoms with Gasteiger partial charge < -0.3 is 9.84 Å². The van der Waals surface area contributed by atoms with Crippen molar-refractivity contribution >= 4 is 10.9 Å². The molecule has 27 heavy (non-hydrogen) atoms. The Bertz CT molecular complexity index is 1110. The van der Waals surface area contributed by atoms with Crippen LogP contribution in [0.15, 0.2) is 55.0 Å². The van der Waals surface area contributed by atoms with Crippen molar-refractivity contribution in [3.8, 4) is 34.0 Å². The summed E-state index contributed by atoms with van der Waals surface area (Å²) in [5.41, 5.74) is 3.26. The monoisotopic (exact) mass is 368 g/mol. The molecule has 2 aromatic carbocycles. The number of benzene rings is 2. The van der Waals surface area contributed by atoms with Crippen LogP contribution in [0.5, 0.6) is 11.5 Å². The van der Waals surface area contributed by atoms with Crippen molar-refractivity contribution in [3.63, 3.8) is 0 Å². The van der Waals surface area contributed by atoms with E-state index in [-0.39, 0.29) is 5.75 Å². The number of alkyl halides is 2. The van der Waals surface area contributed by atoms with Crippen LogP contribution in [0.3, 0.4) is 0 Å². The average molecular weight is 368 g/mol. The third-order valence-corrected chi connectivity index (χ3v) is 4.06. The molecule has 0 saturated carbocycles. The van der Waals surface area contributed by atoms with Gasteiger partial charge in [0.25, 0.3) is 0 Å². The molecule has 8 heteroatoms. The summed E-state index contributed by atoms with van der Waals surface area (Å²) in [6, 6.07) is 12.2. The number of aromatic hydroxyl groups is 1. The molecule has 0 aliphatic heterocycles. The Morgan fingerprint density at radius 1 is 1.07 bits per heavy atom. The molecule has 0 fully saturated rings. The van der Waals surface area contributed by atoms with E-state index in [1.165, 1.54) is 18.5 Å². The fraction of sp³-hybridized carbons (Fsp3) is 0.105. The largest absolute Gasteiger partial charge is 0.504 e. The third-order valence-electron chi connectivity index (χ3n) is 4.06. The molecule has 0 aliphatic carbocycles. The minimum atomic E-state index is -3.04. The Balaban J connectivity index is 1.92. The van der Waals surface area contributed by atoms with E-state index in [9.17, 15) is 13.9 Å². The van der Waals surface area contributed by atoms with Crippen molar-refractivity contribution in [2.45, 2.75) is 6.61 Å². The molecule has 0 saturated heterocycles. The fourth-order valence-electron chi connectivity index (χ4n) is 2.95. The zero-order valence-electron chi connectivity index (χ0n) is 14.2. The van der Waals surface area contributed by atoms with Crippen LogP contribution in [0.25, 0.3) is 33.4 Å². The summed E-state index contributed by atoms with van der Waals surface area (Å²) >= 11 is 0. The number of fused-ring (bicyclic) bond motifs is 1. The van der Waals surface area contributed by atoms with Crippen LogP contribution in [-0.2, 0) is 7.05 Å². The van der Waals surface area contributed by atoms with Crippen LogP contribution in [0, 0.1) is 0 Å². The zero-order valence-corrected chi connectivity index (χ0v) is 14.2. The Labute approximate surface area is 152 Å². The maximum absolute atomic E-state index is 12.5. The van der Waals surface area contributed by atoms with Gasteiger partial charge in [0.2, 0.25) is 0 Å². The Kier molecular flexibility index (Phi) is 4.15. The summed E-state index contributed by atoms with van der Waals surface area (Å²) in [5, 5.41) is 15.1. The summed E-state index contributed by atoms with van der Waals surface area (Å²) in [5.74, 6) is -0.749. The average Bonchev–Trinajstić information content (AvgIpc) is 3.04. The molecule has 0 bridgehead atoms. The molecule has 0 radical (unpaired) electrons. The number of phenols is 1. The number of rotatable bonds is 4. The molecule has 0 amide bonds. The van der Waals surface area contributed by atoms with E-state index in [2.05, 4.69) is 19.8 Å². The number of phenolic OH excluding ortho intramolecular Hbond substituents is 1. The second kappa shape index (κ2) is 6.64. The number of ether oxygens (including phenoxy) is 1. The first-order valence-corrected chi connectivity index (χ1v) is 8.05. The lowest BCUT2D eigenvalue weighted by Crippen LogP contribution is -2.02. The maximum atomic E-state index is 12.5. The highest BCUT2D eigenvalue weighted by atomic mass is 19.3. The summed E-state index contributed by atoms with van der Waals surface area (Å²) in [7, 11) is 1.80. The number of aromatic nitrogens is 4. The standard InChI is InChI=1S/C19H14F2N4O2/c1-25-9-13(17(24-25)11-5-3-2-4-6-11)18-12-7-15(26)16(27-19(20)21)8-14(12)22-10-23-18/h2-10,19,26H,1H3. The van der Waals surface area contributed by atoms with Gasteiger partial charge in [0.05, 0.1) is 11.2 Å². The number of halogens is 2. The van der Waals surface area contributed by atoms with Crippen LogP contribution in [0.4, 0.5) is 8.78 Å². The molecule has 0 aliphatic rings. The van der Waals surface area contributed by atoms with E-state index in [4.69, 9.17) is 0 Å². The highest BCUT2D eigenvalue weighted by molar-refractivity contribution is 5.97. The predicted octanol–water partition coefficient (Wildman–Crippen LogP) is 4.00. The van der Waals surface area contributed by atoms with Crippen LogP contribution >= 0.6 is 0 Å². The predicted molar refractivity (Wildman–Crippen MR) is 95.5 cm³/mol. The van der Waals surface area contributed by atoms with E-state index in [0.717, 1.165) is 11.1 Å². The molecule has 4 aromatic rings. The highest BCUT2D eigenvalue weighted by Gasteiger charge is 2.18. The molecule has 1 N–H and O–H groups in total. The van der Waals surface area contributed by atoms with Gasteiger partial charge in [-0.15, -0.1) is 0 Å². The van der Waals surface area contributed by atoms with Gasteiger partial charge >= 0.3 is 6.61 Å². The van der Waals surface area contributed by atoms with Crippen LogP contribution in [-0.4, -0.2) is 31.5 Å². The Hall–Kier alpha value is -3.55. The van der Waals surface area contributed by atoms with Crippen molar-refractivity contribution in [2.24, 2.45) is 7.05 Å². The van der Waals surface area contributed by atoms with E-state index in [0.29, 0.717) is 22.3 Å². The number of hydrogen-bond acceptors (Lipinski definition) is 5. The molecule has 0 unspecified atom stereocenters. The van der Waals surface area contributed by atoms with Crippen molar-refractivity contribution in [3.05, 3.63) is 55.0 Å². The Morgan fingerprint density at radius 2 is 1.85 bits per heavy atom. The van der Waals surface area contributed by atoms with Crippen molar-refractivity contribution in [2.75, 3.05) is 0 Å². The molecule has 136 valence electrons. The molecule has 0 atom stereocenters. The SMILES string of the molecule is Cn1cc(-c2ncnc3cc(OC(F)F)c(O)cc23)c(-c2ccccc2)n1. The van der Waals surface area contributed by atoms with Gasteiger partial charge in [0.15, 0.2) is 11.5 Å². The van der Waals surface area contributed by atoms with Crippen LogP contribution < -0.4 is 4.74 Å². The fourth-order valence-corrected chi connectivity index (χ4v) is 2.95. The van der Waals surface area contributed by atoms with Crippen molar-refractivity contribution < 1.29 is 18.6 Å². The van der Waals surface area contributed by atoms with E-state index < -0.39 is 12.4 Å². The molecule has 2 aromatic heterocycles. The molecular formula is C19H14F2N4O2. The normalized spacial score (nSPS) is 11.3. The Morgan fingerprint density at radius 3 is 2.59 bits per heavy atom. The lowest BCUT2D eigenvalue weighted by atomic mass is 10.0. The van der Waals surface area contributed by atoms with Gasteiger partial charge in [-0.1, -0.05) is 30.3 Å². The first kappa shape index (κ1) is 16.9. The molecule has 6 nitrogen and oxygen atoms in total. The van der Waals surface area contributed by atoms with Gasteiger partial charge in [0.1, 0.15) is 12.0 Å². The maximum Gasteiger partial charge on any atom is 0.387 e. The summed E-state index contributed by atoms with van der Waals surface area (Å²) in [6.45, 7) is -3.04. The third kappa shape index (κ3) is 3.17. The summed E-state index contributed by atoms with van der Waals surface area (Å²) in [4.78, 5) is 8.46. The second-order valence-electron chi connectivity index (χ2n) is 5.87. The smallest absolute Gasteiger partial charge is 0.387 e. The minimum Gasteiger partial charge on any atom is -0.504 e. The number of hydrogen-bond donors (Lipinski definition) is 1. The van der Waals surface area contributed by atoms with Gasteiger partial charge in [-0.3, -0.25) is 4.68 Å². The van der Waals surface area contributed by atoms with Gasteiger partial charge in [-0.2, -0.15) is 13.9 Å². The summed E-state index contributed by atoms with van der Waals surface area (Å²) in [6.07, 6.45) is 3.15. The molecule has 2 heterocycles. The van der Waals surface area contributed by atoms with Crippen LogP contribution in [0.1, 0.15) is 0 Å². The molecule has 0 spiro atoms. The topological polar surface area (TPSA) is 73.1 Å². The first-order valence-electron chi connectivity index (χ1n) is 8.05. The van der Waals surface area contributed by atoms with Gasteiger partial charge in [-0.25, -0.2) is 9.97 Å². The quantitative estimate of drug-likeness (QED) is 0.589. The first-order chi connectivity index (χ1) is 13.0. The highest BCUT2D eigenvalue weighted by Crippen LogP contribution is 2.38. The van der Waals surface area contributed by atoms with Crippen molar-refractivity contribution in [1.82, 2.24) is 19.7 Å². The van der Waals surface area contributed by atoms with Gasteiger partial charge in [-0.05, 0) is 6.07 Å². The van der Waals surface area contributed by atoms with Crippen LogP contribution in [0.2, 0.25) is 0 Å². The van der Waals surface area contributed by atoms with E-state index in [1.54, 1.807) is 11.7 Å². The lowest BCUT2D eigenvalue weighted by Gasteiger charge is -2.10. The molecular weight excluding hydrogens is 354 g/mol. The second-order valence-corrected chi connectivity index (χ2v) is 5.87. The van der Waals surface area contributed by atoms with Crippen molar-refractivity contribution in [1.29, 1.82) is 0 Å². The lowest BCUT2D eigenvalue weighted by molar-refractivity contribution is -0.0511. The van der Waals surface area contributed by atoms with E-state index in [1.807, 2.05) is 36.5 Å². The molecule has 4 rings (SSSR count). The van der Waals surface area contributed by atoms with Gasteiger partial charge in [0, 0.05) is 35.8 Å². The number of nitrogens with zero attached hydrogens (tertiary/aromatic N) is 4. The summed E-state index contributed by atoms with van der Waals surface area (Å²) < 4.78 is 31.0. The minimum absolute atomic E-state index is 0.336. The van der Waals surface area contributed by atoms with E-state index >= 15 is 0 Å². The zero-order chi connectivity index (χ0) is 19.0.